The van der Waals surface area contributed by atoms with E-state index in [1.165, 1.54) is 28.4 Å². The van der Waals surface area contributed by atoms with Crippen molar-refractivity contribution in [2.45, 2.75) is 12.8 Å². The van der Waals surface area contributed by atoms with E-state index in [4.69, 9.17) is 4.74 Å². The minimum Gasteiger partial charge on any atom is -0.404 e. The number of benzene rings is 1. The molecule has 0 unspecified atom stereocenters. The van der Waals surface area contributed by atoms with Gasteiger partial charge >= 0.3 is 12.4 Å². The number of aromatic nitrogens is 2. The van der Waals surface area contributed by atoms with Gasteiger partial charge in [0.25, 0.3) is 0 Å². The molecule has 0 saturated carbocycles. The lowest BCUT2D eigenvalue weighted by molar-refractivity contribution is -0.274. The lowest BCUT2D eigenvalue weighted by Gasteiger charge is -2.35. The van der Waals surface area contributed by atoms with Gasteiger partial charge in [-0.25, -0.2) is 4.79 Å². The molecule has 2 fully saturated rings. The molecule has 2 aliphatic rings. The Labute approximate surface area is 232 Å². The molecule has 40 heavy (non-hydrogen) atoms. The molecular weight excluding hydrogens is 555 g/mol. The molecule has 0 spiro atoms. The third kappa shape index (κ3) is 8.02. The van der Waals surface area contributed by atoms with Crippen molar-refractivity contribution in [3.05, 3.63) is 28.8 Å². The van der Waals surface area contributed by atoms with Gasteiger partial charge in [0.1, 0.15) is 5.01 Å². The van der Waals surface area contributed by atoms with Gasteiger partial charge < -0.3 is 29.5 Å². The van der Waals surface area contributed by atoms with Gasteiger partial charge in [-0.05, 0) is 18.2 Å². The van der Waals surface area contributed by atoms with Crippen LogP contribution in [0.15, 0.2) is 18.2 Å². The SMILES string of the molecule is CN(C)C(=O)N1CCN(c2nnc(CC(=O)c3ccc(OC(F)(F)F)c(NC(=O)CN4CCOCC4)c3)s2)CC1. The Balaban J connectivity index is 1.41. The molecule has 0 radical (unpaired) electrons. The van der Waals surface area contributed by atoms with Crippen LogP contribution in [0.2, 0.25) is 0 Å². The summed E-state index contributed by atoms with van der Waals surface area (Å²) in [4.78, 5) is 44.8. The molecule has 218 valence electrons. The molecule has 2 saturated heterocycles. The van der Waals surface area contributed by atoms with E-state index in [2.05, 4.69) is 20.3 Å². The van der Waals surface area contributed by atoms with Gasteiger partial charge in [0, 0.05) is 58.9 Å². The van der Waals surface area contributed by atoms with Crippen LogP contribution >= 0.6 is 11.3 Å². The zero-order valence-electron chi connectivity index (χ0n) is 22.1. The quantitative estimate of drug-likeness (QED) is 0.464. The highest BCUT2D eigenvalue weighted by molar-refractivity contribution is 7.15. The number of rotatable bonds is 8. The fourth-order valence-corrected chi connectivity index (χ4v) is 5.11. The van der Waals surface area contributed by atoms with Crippen LogP contribution < -0.4 is 15.0 Å². The number of carbonyl (C=O) groups is 3. The summed E-state index contributed by atoms with van der Waals surface area (Å²) in [5.74, 6) is -1.57. The Hall–Kier alpha value is -3.50. The van der Waals surface area contributed by atoms with Gasteiger partial charge in [-0.3, -0.25) is 14.5 Å². The molecule has 0 aliphatic carbocycles. The van der Waals surface area contributed by atoms with Gasteiger partial charge in [-0.15, -0.1) is 23.4 Å². The maximum atomic E-state index is 13.0. The number of hydrogen-bond acceptors (Lipinski definition) is 10. The monoisotopic (exact) mass is 585 g/mol. The minimum atomic E-state index is -4.98. The van der Waals surface area contributed by atoms with E-state index in [0.29, 0.717) is 62.6 Å². The molecule has 3 amide bonds. The van der Waals surface area contributed by atoms with Gasteiger partial charge in [0.05, 0.1) is 31.9 Å². The molecule has 1 aromatic heterocycles. The number of morpholine rings is 1. The lowest BCUT2D eigenvalue weighted by atomic mass is 10.1. The Bertz CT molecular complexity index is 1210. The van der Waals surface area contributed by atoms with E-state index in [9.17, 15) is 27.6 Å². The second-order valence-electron chi connectivity index (χ2n) is 9.42. The minimum absolute atomic E-state index is 0.0435. The van der Waals surface area contributed by atoms with Crippen LogP contribution in [-0.2, 0) is 16.0 Å². The highest BCUT2D eigenvalue weighted by Gasteiger charge is 2.33. The van der Waals surface area contributed by atoms with E-state index >= 15 is 0 Å². The lowest BCUT2D eigenvalue weighted by Crippen LogP contribution is -2.51. The second-order valence-corrected chi connectivity index (χ2v) is 10.5. The Morgan fingerprint density at radius 1 is 1.07 bits per heavy atom. The fourth-order valence-electron chi connectivity index (χ4n) is 4.22. The van der Waals surface area contributed by atoms with Crippen molar-refractivity contribution in [2.75, 3.05) is 83.3 Å². The maximum absolute atomic E-state index is 13.0. The average molecular weight is 586 g/mol. The highest BCUT2D eigenvalue weighted by atomic mass is 32.1. The fraction of sp³-hybridized carbons (Fsp3) is 0.542. The Morgan fingerprint density at radius 2 is 1.77 bits per heavy atom. The zero-order valence-corrected chi connectivity index (χ0v) is 22.9. The molecule has 0 atom stereocenters. The number of hydrogen-bond donors (Lipinski definition) is 1. The molecule has 2 aliphatic heterocycles. The summed E-state index contributed by atoms with van der Waals surface area (Å²) in [7, 11) is 3.39. The van der Waals surface area contributed by atoms with Crippen molar-refractivity contribution in [1.29, 1.82) is 0 Å². The number of anilines is 2. The summed E-state index contributed by atoms with van der Waals surface area (Å²) >= 11 is 1.23. The van der Waals surface area contributed by atoms with Crippen molar-refractivity contribution in [3.8, 4) is 5.75 Å². The number of urea groups is 1. The predicted octanol–water partition coefficient (Wildman–Crippen LogP) is 1.94. The molecule has 16 heteroatoms. The molecule has 0 bridgehead atoms. The standard InChI is InChI=1S/C24H30F3N7O5S/c1-31(2)23(37)34-7-5-33(6-8-34)22-30-29-21(40-22)14-18(35)16-3-4-19(39-24(25,26)27)17(13-16)28-20(36)15-32-9-11-38-12-10-32/h3-4,13H,5-12,14-15H2,1-2H3,(H,28,36). The number of nitrogens with one attached hydrogen (secondary N) is 1. The van der Waals surface area contributed by atoms with Crippen LogP contribution in [0.25, 0.3) is 0 Å². The molecule has 3 heterocycles. The first kappa shape index (κ1) is 29.5. The molecule has 2 aromatic rings. The van der Waals surface area contributed by atoms with Crippen LogP contribution in [0.4, 0.5) is 28.8 Å². The van der Waals surface area contributed by atoms with Crippen LogP contribution in [0.5, 0.6) is 5.75 Å². The van der Waals surface area contributed by atoms with E-state index in [1.807, 2.05) is 9.80 Å². The first-order chi connectivity index (χ1) is 19.0. The average Bonchev–Trinajstić information content (AvgIpc) is 3.37. The summed E-state index contributed by atoms with van der Waals surface area (Å²) in [6.07, 6.45) is -5.11. The van der Waals surface area contributed by atoms with Crippen molar-refractivity contribution >= 4 is 39.9 Å². The number of carbonyl (C=O) groups excluding carboxylic acids is 3. The molecule has 12 nitrogen and oxygen atoms in total. The van der Waals surface area contributed by atoms with Gasteiger partial charge in [0.15, 0.2) is 11.5 Å². The van der Waals surface area contributed by atoms with E-state index < -0.39 is 23.8 Å². The molecule has 4 rings (SSSR count). The number of piperazine rings is 1. The van der Waals surface area contributed by atoms with E-state index in [-0.39, 0.29) is 30.2 Å². The molecule has 1 N–H and O–H groups in total. The van der Waals surface area contributed by atoms with Crippen molar-refractivity contribution < 1.29 is 37.0 Å². The molecular formula is C24H30F3N7O5S. The first-order valence-electron chi connectivity index (χ1n) is 12.5. The smallest absolute Gasteiger partial charge is 0.404 e. The van der Waals surface area contributed by atoms with Crippen LogP contribution in [0.1, 0.15) is 15.4 Å². The van der Waals surface area contributed by atoms with Crippen LogP contribution in [0, 0.1) is 0 Å². The summed E-state index contributed by atoms with van der Waals surface area (Å²) in [5, 5.41) is 11.8. The molecule has 1 aromatic carbocycles. The maximum Gasteiger partial charge on any atom is 0.573 e. The third-order valence-corrected chi connectivity index (χ3v) is 7.23. The number of ether oxygens (including phenoxy) is 2. The second kappa shape index (κ2) is 12.8. The van der Waals surface area contributed by atoms with E-state index in [1.54, 1.807) is 19.0 Å². The topological polar surface area (TPSA) is 120 Å². The normalized spacial score (nSPS) is 16.5. The summed E-state index contributed by atoms with van der Waals surface area (Å²) in [6, 6.07) is 3.32. The van der Waals surface area contributed by atoms with Gasteiger partial charge in [-0.2, -0.15) is 0 Å². The number of Topliss-reactive ketones (excluding diaryl/α,β-unsaturated/α-hetero) is 1. The van der Waals surface area contributed by atoms with Crippen molar-refractivity contribution in [1.82, 2.24) is 24.9 Å². The predicted molar refractivity (Wildman–Crippen MR) is 140 cm³/mol. The third-order valence-electron chi connectivity index (χ3n) is 6.24. The van der Waals surface area contributed by atoms with Gasteiger partial charge in [0.2, 0.25) is 11.0 Å². The number of ketones is 1. The highest BCUT2D eigenvalue weighted by Crippen LogP contribution is 2.32. The number of amides is 3. The van der Waals surface area contributed by atoms with Crippen molar-refractivity contribution in [3.63, 3.8) is 0 Å². The summed E-state index contributed by atoms with van der Waals surface area (Å²) in [5.41, 5.74) is -0.173. The van der Waals surface area contributed by atoms with E-state index in [0.717, 1.165) is 6.07 Å². The van der Waals surface area contributed by atoms with Crippen LogP contribution in [-0.4, -0.2) is 122 Å². The van der Waals surface area contributed by atoms with Gasteiger partial charge in [-0.1, -0.05) is 11.3 Å². The number of halogens is 3. The van der Waals surface area contributed by atoms with Crippen molar-refractivity contribution in [2.24, 2.45) is 0 Å². The van der Waals surface area contributed by atoms with Crippen LogP contribution in [0.3, 0.4) is 0 Å². The summed E-state index contributed by atoms with van der Waals surface area (Å²) in [6.45, 7) is 4.09. The largest absolute Gasteiger partial charge is 0.573 e. The summed E-state index contributed by atoms with van der Waals surface area (Å²) < 4.78 is 48.2. The number of nitrogens with zero attached hydrogens (tertiary/aromatic N) is 6. The zero-order chi connectivity index (χ0) is 28.9. The Kier molecular flexibility index (Phi) is 9.42. The Morgan fingerprint density at radius 3 is 2.42 bits per heavy atom. The first-order valence-corrected chi connectivity index (χ1v) is 13.4. The number of alkyl halides is 3.